The number of halogens is 1. The second kappa shape index (κ2) is 5.57. The van der Waals surface area contributed by atoms with E-state index in [1.165, 1.54) is 0 Å². The number of anilines is 2. The van der Waals surface area contributed by atoms with Crippen molar-refractivity contribution < 1.29 is 4.79 Å². The fourth-order valence-electron chi connectivity index (χ4n) is 3.24. The number of carbonyl (C=O) groups excluding carboxylic acids is 1. The summed E-state index contributed by atoms with van der Waals surface area (Å²) in [5.74, 6) is 0.783. The molecule has 0 N–H and O–H groups in total. The van der Waals surface area contributed by atoms with Gasteiger partial charge in [-0.25, -0.2) is 4.98 Å². The molecule has 4 heterocycles. The third-order valence-corrected chi connectivity index (χ3v) is 4.30. The molecule has 0 aromatic carbocycles. The number of aromatic nitrogens is 2. The largest absolute Gasteiger partial charge is 0.366 e. The maximum Gasteiger partial charge on any atom is 0.215 e. The lowest BCUT2D eigenvalue weighted by atomic mass is 10.1. The molecule has 0 unspecified atom stereocenters. The molecule has 5 nitrogen and oxygen atoms in total. The van der Waals surface area contributed by atoms with Crippen LogP contribution in [-0.2, 0) is 4.79 Å². The number of aryl methyl sites for hydroxylation is 1. The summed E-state index contributed by atoms with van der Waals surface area (Å²) < 4.78 is 0. The minimum Gasteiger partial charge on any atom is -0.366 e. The highest BCUT2D eigenvalue weighted by Crippen LogP contribution is 2.39. The molecule has 4 rings (SSSR count). The van der Waals surface area contributed by atoms with Crippen molar-refractivity contribution in [3.63, 3.8) is 0 Å². The summed E-state index contributed by atoms with van der Waals surface area (Å²) >= 11 is 0. The average Bonchev–Trinajstić information content (AvgIpc) is 2.92. The van der Waals surface area contributed by atoms with Crippen LogP contribution in [0.15, 0.2) is 30.5 Å². The molecule has 1 fully saturated rings. The van der Waals surface area contributed by atoms with Crippen LogP contribution < -0.4 is 9.80 Å². The van der Waals surface area contributed by atoms with E-state index < -0.39 is 0 Å². The molecular weight excluding hydrogens is 300 g/mol. The van der Waals surface area contributed by atoms with Gasteiger partial charge in [0.2, 0.25) is 6.41 Å². The first-order chi connectivity index (χ1) is 10.3. The molecule has 0 spiro atoms. The Bertz CT molecular complexity index is 721. The lowest BCUT2D eigenvalue weighted by Gasteiger charge is -2.33. The molecule has 2 aromatic heterocycles. The molecule has 2 aromatic rings. The molecular formula is C16H17ClN4O. The van der Waals surface area contributed by atoms with Crippen LogP contribution in [0.2, 0.25) is 0 Å². The Morgan fingerprint density at radius 2 is 2.18 bits per heavy atom. The lowest BCUT2D eigenvalue weighted by molar-refractivity contribution is -0.107. The minimum atomic E-state index is 0. The van der Waals surface area contributed by atoms with Gasteiger partial charge >= 0.3 is 0 Å². The number of hydrogen-bond acceptors (Lipinski definition) is 4. The Labute approximate surface area is 135 Å². The molecule has 0 saturated carbocycles. The van der Waals surface area contributed by atoms with E-state index in [2.05, 4.69) is 16.0 Å². The van der Waals surface area contributed by atoms with Crippen LogP contribution in [0, 0.1) is 6.92 Å². The molecule has 1 saturated heterocycles. The highest BCUT2D eigenvalue weighted by Gasteiger charge is 2.36. The predicted octanol–water partition coefficient (Wildman–Crippen LogP) is 2.43. The zero-order valence-electron chi connectivity index (χ0n) is 12.3. The highest BCUT2D eigenvalue weighted by molar-refractivity contribution is 5.86. The van der Waals surface area contributed by atoms with Gasteiger partial charge in [0.05, 0.1) is 17.4 Å². The van der Waals surface area contributed by atoms with Crippen molar-refractivity contribution in [2.75, 3.05) is 22.9 Å². The van der Waals surface area contributed by atoms with Gasteiger partial charge in [-0.2, -0.15) is 0 Å². The van der Waals surface area contributed by atoms with Gasteiger partial charge in [-0.05, 0) is 37.6 Å². The summed E-state index contributed by atoms with van der Waals surface area (Å²) in [5, 5.41) is 0. The summed E-state index contributed by atoms with van der Waals surface area (Å²) in [7, 11) is 0. The van der Waals surface area contributed by atoms with E-state index in [0.717, 1.165) is 54.4 Å². The summed E-state index contributed by atoms with van der Waals surface area (Å²) in [6.45, 7) is 3.88. The summed E-state index contributed by atoms with van der Waals surface area (Å²) in [5.41, 5.74) is 3.94. The average molecular weight is 317 g/mol. The third kappa shape index (κ3) is 2.22. The first-order valence-electron chi connectivity index (χ1n) is 7.19. The SMILES string of the molecule is Cc1cc(-c2ccc3c(n2)N(C=O)[C@H]2CCN3C2)ccn1.Cl. The quantitative estimate of drug-likeness (QED) is 0.798. The van der Waals surface area contributed by atoms with Crippen LogP contribution in [0.5, 0.6) is 0 Å². The number of amides is 1. The standard InChI is InChI=1S/C16H16N4O.ClH/c1-11-8-12(4-6-17-11)14-2-3-15-16(18-14)20(10-21)13-5-7-19(15)9-13;/h2-4,6,8,10,13H,5,7,9H2,1H3;1H/t13-;/m0./s1. The maximum absolute atomic E-state index is 11.5. The fraction of sp³-hybridized carbons (Fsp3) is 0.312. The van der Waals surface area contributed by atoms with E-state index in [4.69, 9.17) is 4.98 Å². The van der Waals surface area contributed by atoms with Gasteiger partial charge in [0.1, 0.15) is 0 Å². The zero-order valence-corrected chi connectivity index (χ0v) is 13.1. The first kappa shape index (κ1) is 14.8. The number of hydrogen-bond donors (Lipinski definition) is 0. The van der Waals surface area contributed by atoms with Crippen molar-refractivity contribution in [2.45, 2.75) is 19.4 Å². The Morgan fingerprint density at radius 3 is 2.95 bits per heavy atom. The van der Waals surface area contributed by atoms with Gasteiger partial charge in [0, 0.05) is 30.5 Å². The van der Waals surface area contributed by atoms with Crippen LogP contribution in [0.4, 0.5) is 11.5 Å². The van der Waals surface area contributed by atoms with Gasteiger partial charge in [0.25, 0.3) is 0 Å². The number of nitrogens with zero attached hydrogens (tertiary/aromatic N) is 4. The van der Waals surface area contributed by atoms with Gasteiger partial charge in [-0.3, -0.25) is 14.7 Å². The lowest BCUT2D eigenvalue weighted by Crippen LogP contribution is -2.41. The third-order valence-electron chi connectivity index (χ3n) is 4.30. The molecule has 6 heteroatoms. The maximum atomic E-state index is 11.5. The van der Waals surface area contributed by atoms with Crippen LogP contribution in [0.1, 0.15) is 12.1 Å². The van der Waals surface area contributed by atoms with Crippen LogP contribution in [0.25, 0.3) is 11.3 Å². The number of fused-ring (bicyclic) bond motifs is 4. The van der Waals surface area contributed by atoms with Gasteiger partial charge in [-0.1, -0.05) is 0 Å². The van der Waals surface area contributed by atoms with Crippen LogP contribution >= 0.6 is 12.4 Å². The number of carbonyl (C=O) groups is 1. The molecule has 2 aliphatic heterocycles. The second-order valence-electron chi connectivity index (χ2n) is 5.63. The van der Waals surface area contributed by atoms with E-state index in [-0.39, 0.29) is 18.4 Å². The van der Waals surface area contributed by atoms with Crippen molar-refractivity contribution in [1.29, 1.82) is 0 Å². The Morgan fingerprint density at radius 1 is 1.32 bits per heavy atom. The molecule has 0 aliphatic carbocycles. The van der Waals surface area contributed by atoms with E-state index in [1.807, 2.05) is 25.1 Å². The summed E-state index contributed by atoms with van der Waals surface area (Å²) in [6.07, 6.45) is 3.72. The topological polar surface area (TPSA) is 49.3 Å². The molecule has 2 aliphatic rings. The van der Waals surface area contributed by atoms with Crippen molar-refractivity contribution in [1.82, 2.24) is 9.97 Å². The van der Waals surface area contributed by atoms with Gasteiger partial charge in [-0.15, -0.1) is 12.4 Å². The predicted molar refractivity (Wildman–Crippen MR) is 88.6 cm³/mol. The minimum absolute atomic E-state index is 0. The van der Waals surface area contributed by atoms with Crippen molar-refractivity contribution in [3.8, 4) is 11.3 Å². The molecule has 1 atom stereocenters. The van der Waals surface area contributed by atoms with Gasteiger partial charge < -0.3 is 4.90 Å². The van der Waals surface area contributed by atoms with Crippen LogP contribution in [-0.4, -0.2) is 35.5 Å². The van der Waals surface area contributed by atoms with E-state index in [9.17, 15) is 4.79 Å². The molecule has 0 radical (unpaired) electrons. The monoisotopic (exact) mass is 316 g/mol. The Hall–Kier alpha value is -2.14. The van der Waals surface area contributed by atoms with E-state index in [0.29, 0.717) is 0 Å². The summed E-state index contributed by atoms with van der Waals surface area (Å²) in [4.78, 5) is 24.5. The summed E-state index contributed by atoms with van der Waals surface area (Å²) in [6, 6.07) is 8.32. The van der Waals surface area contributed by atoms with Crippen molar-refractivity contribution in [3.05, 3.63) is 36.2 Å². The molecule has 1 amide bonds. The van der Waals surface area contributed by atoms with E-state index >= 15 is 0 Å². The molecule has 2 bridgehead atoms. The first-order valence-corrected chi connectivity index (χ1v) is 7.19. The zero-order chi connectivity index (χ0) is 14.4. The molecule has 114 valence electrons. The smallest absolute Gasteiger partial charge is 0.215 e. The number of rotatable bonds is 2. The van der Waals surface area contributed by atoms with Gasteiger partial charge in [0.15, 0.2) is 5.82 Å². The Kier molecular flexibility index (Phi) is 3.74. The van der Waals surface area contributed by atoms with Crippen molar-refractivity contribution in [2.24, 2.45) is 0 Å². The highest BCUT2D eigenvalue weighted by atomic mass is 35.5. The van der Waals surface area contributed by atoms with Crippen LogP contribution in [0.3, 0.4) is 0 Å². The molecule has 22 heavy (non-hydrogen) atoms. The Balaban J connectivity index is 0.00000144. The second-order valence-corrected chi connectivity index (χ2v) is 5.63. The fourth-order valence-corrected chi connectivity index (χ4v) is 3.24. The van der Waals surface area contributed by atoms with Crippen molar-refractivity contribution >= 4 is 30.3 Å². The normalized spacial score (nSPS) is 18.7. The number of pyridine rings is 2. The van der Waals surface area contributed by atoms with E-state index in [1.54, 1.807) is 11.1 Å².